The first-order chi connectivity index (χ1) is 9.79. The smallest absolute Gasteiger partial charge is 0.335 e. The number of hydrogen-bond donors (Lipinski definition) is 3. The summed E-state index contributed by atoms with van der Waals surface area (Å²) in [6.07, 6.45) is 0. The number of aromatic carboxylic acids is 1. The lowest BCUT2D eigenvalue weighted by Crippen LogP contribution is -2.24. The molecular formula is C11H12N4O5S. The van der Waals surface area contributed by atoms with Gasteiger partial charge in [0, 0.05) is 6.92 Å². The molecule has 0 radical (unpaired) electrons. The van der Waals surface area contributed by atoms with E-state index >= 15 is 0 Å². The van der Waals surface area contributed by atoms with Crippen molar-refractivity contribution in [1.29, 1.82) is 0 Å². The fourth-order valence-electron chi connectivity index (χ4n) is 1.58. The zero-order valence-electron chi connectivity index (χ0n) is 10.9. The summed E-state index contributed by atoms with van der Waals surface area (Å²) in [6, 6.07) is 3.36. The molecule has 4 N–H and O–H groups in total. The quantitative estimate of drug-likeness (QED) is 0.660. The normalized spacial score (nSPS) is 11.5. The highest BCUT2D eigenvalue weighted by molar-refractivity contribution is 7.89. The summed E-state index contributed by atoms with van der Waals surface area (Å²) in [7, 11) is -3.91. The Bertz CT molecular complexity index is 784. The van der Waals surface area contributed by atoms with Crippen molar-refractivity contribution in [2.24, 2.45) is 0 Å². The molecule has 9 nitrogen and oxygen atoms in total. The van der Waals surface area contributed by atoms with Gasteiger partial charge in [0.05, 0.1) is 17.8 Å². The molecule has 2 rings (SSSR count). The van der Waals surface area contributed by atoms with Crippen molar-refractivity contribution in [2.45, 2.75) is 18.4 Å². The van der Waals surface area contributed by atoms with Gasteiger partial charge in [0.25, 0.3) is 0 Å². The lowest BCUT2D eigenvalue weighted by atomic mass is 10.2. The van der Waals surface area contributed by atoms with Crippen LogP contribution < -0.4 is 10.5 Å². The van der Waals surface area contributed by atoms with Gasteiger partial charge in [0.2, 0.25) is 15.9 Å². The van der Waals surface area contributed by atoms with E-state index in [1.54, 1.807) is 6.92 Å². The number of aryl methyl sites for hydroxylation is 1. The summed E-state index contributed by atoms with van der Waals surface area (Å²) in [5.74, 6) is -0.702. The Balaban J connectivity index is 2.21. The summed E-state index contributed by atoms with van der Waals surface area (Å²) in [5, 5.41) is 12.4. The second-order valence-electron chi connectivity index (χ2n) is 4.11. The molecule has 0 saturated carbocycles. The number of sulfonamides is 1. The van der Waals surface area contributed by atoms with Crippen molar-refractivity contribution in [3.63, 3.8) is 0 Å². The van der Waals surface area contributed by atoms with E-state index < -0.39 is 16.0 Å². The lowest BCUT2D eigenvalue weighted by Gasteiger charge is -2.08. The van der Waals surface area contributed by atoms with Crippen molar-refractivity contribution >= 4 is 21.7 Å². The van der Waals surface area contributed by atoms with E-state index in [2.05, 4.69) is 14.9 Å². The summed E-state index contributed by atoms with van der Waals surface area (Å²) >= 11 is 0. The van der Waals surface area contributed by atoms with Crippen LogP contribution in [0.2, 0.25) is 0 Å². The van der Waals surface area contributed by atoms with E-state index in [9.17, 15) is 13.2 Å². The van der Waals surface area contributed by atoms with E-state index in [0.717, 1.165) is 18.2 Å². The number of nitrogens with zero attached hydrogens (tertiary/aromatic N) is 2. The van der Waals surface area contributed by atoms with Crippen molar-refractivity contribution in [2.75, 3.05) is 5.73 Å². The molecular weight excluding hydrogens is 300 g/mol. The monoisotopic (exact) mass is 312 g/mol. The van der Waals surface area contributed by atoms with E-state index in [0.29, 0.717) is 5.89 Å². The lowest BCUT2D eigenvalue weighted by molar-refractivity contribution is 0.0697. The third-order valence-corrected chi connectivity index (χ3v) is 4.01. The van der Waals surface area contributed by atoms with Crippen LogP contribution in [0.3, 0.4) is 0 Å². The molecule has 0 atom stereocenters. The number of hydrogen-bond acceptors (Lipinski definition) is 7. The van der Waals surface area contributed by atoms with Crippen molar-refractivity contribution in [3.05, 3.63) is 35.5 Å². The molecule has 0 aliphatic carbocycles. The van der Waals surface area contributed by atoms with Gasteiger partial charge in [0.1, 0.15) is 4.90 Å². The average molecular weight is 312 g/mol. The standard InChI is InChI=1S/C11H12N4O5S/c1-6-14-10(15-20-6)5-13-21(18,19)9-3-2-7(11(16)17)4-8(9)12/h2-4,13H,5,12H2,1H3,(H,16,17). The maximum absolute atomic E-state index is 12.1. The largest absolute Gasteiger partial charge is 0.478 e. The first-order valence-corrected chi connectivity index (χ1v) is 7.19. The minimum absolute atomic E-state index is 0.0970. The van der Waals surface area contributed by atoms with Gasteiger partial charge in [-0.1, -0.05) is 5.16 Å². The van der Waals surface area contributed by atoms with Crippen LogP contribution in [0.1, 0.15) is 22.1 Å². The van der Waals surface area contributed by atoms with Crippen LogP contribution >= 0.6 is 0 Å². The van der Waals surface area contributed by atoms with Gasteiger partial charge >= 0.3 is 5.97 Å². The fourth-order valence-corrected chi connectivity index (χ4v) is 2.67. The molecule has 10 heteroatoms. The van der Waals surface area contributed by atoms with Gasteiger partial charge in [-0.15, -0.1) is 0 Å². The number of nitrogens with one attached hydrogen (secondary N) is 1. The maximum atomic E-state index is 12.1. The molecule has 2 aromatic rings. The minimum atomic E-state index is -3.91. The summed E-state index contributed by atoms with van der Waals surface area (Å²) < 4.78 is 31.1. The molecule has 0 bridgehead atoms. The molecule has 0 unspecified atom stereocenters. The zero-order valence-corrected chi connectivity index (χ0v) is 11.7. The number of carboxylic acid groups (broad SMARTS) is 1. The zero-order chi connectivity index (χ0) is 15.6. The van der Waals surface area contributed by atoms with Crippen molar-refractivity contribution < 1.29 is 22.8 Å². The van der Waals surface area contributed by atoms with Gasteiger partial charge in [-0.05, 0) is 18.2 Å². The molecule has 0 aliphatic heterocycles. The van der Waals surface area contributed by atoms with E-state index in [-0.39, 0.29) is 28.5 Å². The Morgan fingerprint density at radius 1 is 1.48 bits per heavy atom. The number of carbonyl (C=O) groups is 1. The maximum Gasteiger partial charge on any atom is 0.335 e. The van der Waals surface area contributed by atoms with Crippen LogP contribution in [0.5, 0.6) is 0 Å². The number of aromatic nitrogens is 2. The van der Waals surface area contributed by atoms with Crippen LogP contribution in [0.4, 0.5) is 5.69 Å². The molecule has 0 saturated heterocycles. The van der Waals surface area contributed by atoms with Crippen LogP contribution in [0.15, 0.2) is 27.6 Å². The molecule has 0 spiro atoms. The predicted octanol–water partition coefficient (Wildman–Crippen LogP) is 0.137. The van der Waals surface area contributed by atoms with Crippen LogP contribution in [0, 0.1) is 6.92 Å². The SMILES string of the molecule is Cc1nc(CNS(=O)(=O)c2ccc(C(=O)O)cc2N)no1. The van der Waals surface area contributed by atoms with Crippen molar-refractivity contribution in [1.82, 2.24) is 14.9 Å². The Morgan fingerprint density at radius 3 is 2.71 bits per heavy atom. The molecule has 21 heavy (non-hydrogen) atoms. The highest BCUT2D eigenvalue weighted by atomic mass is 32.2. The molecule has 0 amide bonds. The Kier molecular flexibility index (Phi) is 3.91. The van der Waals surface area contributed by atoms with Gasteiger partial charge in [-0.2, -0.15) is 4.98 Å². The van der Waals surface area contributed by atoms with E-state index in [1.807, 2.05) is 0 Å². The van der Waals surface area contributed by atoms with Crippen LogP contribution in [0.25, 0.3) is 0 Å². The Labute approximate surface area is 119 Å². The van der Waals surface area contributed by atoms with Gasteiger partial charge in [0.15, 0.2) is 5.82 Å². The number of benzene rings is 1. The van der Waals surface area contributed by atoms with Crippen LogP contribution in [-0.2, 0) is 16.6 Å². The van der Waals surface area contributed by atoms with Crippen LogP contribution in [-0.4, -0.2) is 29.6 Å². The first kappa shape index (κ1) is 14.9. The summed E-state index contributed by atoms with van der Waals surface area (Å²) in [5.41, 5.74) is 5.33. The molecule has 1 heterocycles. The molecule has 1 aromatic carbocycles. The van der Waals surface area contributed by atoms with E-state index in [4.69, 9.17) is 15.4 Å². The number of anilines is 1. The number of carboxylic acids is 1. The number of rotatable bonds is 5. The minimum Gasteiger partial charge on any atom is -0.478 e. The number of nitrogens with two attached hydrogens (primary N) is 1. The highest BCUT2D eigenvalue weighted by Crippen LogP contribution is 2.19. The van der Waals surface area contributed by atoms with Gasteiger partial charge in [-0.25, -0.2) is 17.9 Å². The Morgan fingerprint density at radius 2 is 2.19 bits per heavy atom. The topological polar surface area (TPSA) is 148 Å². The summed E-state index contributed by atoms with van der Waals surface area (Å²) in [4.78, 5) is 14.4. The first-order valence-electron chi connectivity index (χ1n) is 5.71. The second-order valence-corrected chi connectivity index (χ2v) is 5.85. The molecule has 112 valence electrons. The molecule has 1 aromatic heterocycles. The predicted molar refractivity (Wildman–Crippen MR) is 70.9 cm³/mol. The third kappa shape index (κ3) is 3.35. The summed E-state index contributed by atoms with van der Waals surface area (Å²) in [6.45, 7) is 1.41. The Hall–Kier alpha value is -2.46. The second kappa shape index (κ2) is 5.50. The fraction of sp³-hybridized carbons (Fsp3) is 0.182. The molecule has 0 fully saturated rings. The molecule has 0 aliphatic rings. The van der Waals surface area contributed by atoms with Gasteiger partial charge < -0.3 is 15.4 Å². The average Bonchev–Trinajstić information content (AvgIpc) is 2.82. The number of nitrogen functional groups attached to an aromatic ring is 1. The highest BCUT2D eigenvalue weighted by Gasteiger charge is 2.19. The van der Waals surface area contributed by atoms with Crippen molar-refractivity contribution in [3.8, 4) is 0 Å². The third-order valence-electron chi connectivity index (χ3n) is 2.54. The van der Waals surface area contributed by atoms with Gasteiger partial charge in [-0.3, -0.25) is 0 Å². The van der Waals surface area contributed by atoms with E-state index in [1.165, 1.54) is 0 Å².